The molecule has 1 aromatic heterocycles. The Morgan fingerprint density at radius 2 is 1.79 bits per heavy atom. The number of nitrogens with one attached hydrogen (secondary N) is 2. The quantitative estimate of drug-likeness (QED) is 0.702. The summed E-state index contributed by atoms with van der Waals surface area (Å²) in [6.45, 7) is 9.69. The lowest BCUT2D eigenvalue weighted by Gasteiger charge is -2.24. The van der Waals surface area contributed by atoms with E-state index in [2.05, 4.69) is 15.6 Å². The topological polar surface area (TPSA) is 80.3 Å². The third-order valence-corrected chi connectivity index (χ3v) is 4.43. The molecule has 0 saturated carbocycles. The maximum atomic E-state index is 12.4. The molecule has 2 N–H and O–H groups in total. The number of hydrogen-bond donors (Lipinski definition) is 2. The summed E-state index contributed by atoms with van der Waals surface area (Å²) in [6, 6.07) is 8.20. The molecular formula is C21H26ClN3O3. The fraction of sp³-hybridized carbons (Fsp3) is 0.381. The van der Waals surface area contributed by atoms with E-state index in [-0.39, 0.29) is 28.5 Å². The van der Waals surface area contributed by atoms with E-state index in [9.17, 15) is 9.59 Å². The normalized spacial score (nSPS) is 11.2. The van der Waals surface area contributed by atoms with E-state index >= 15 is 0 Å². The number of pyridine rings is 1. The van der Waals surface area contributed by atoms with Crippen LogP contribution < -0.4 is 15.4 Å². The molecule has 0 saturated heterocycles. The Hall–Kier alpha value is -2.60. The first-order chi connectivity index (χ1) is 13.1. The number of rotatable bonds is 7. The van der Waals surface area contributed by atoms with Gasteiger partial charge in [0.25, 0.3) is 11.8 Å². The molecule has 0 spiro atoms. The second kappa shape index (κ2) is 9.06. The number of halogens is 1. The van der Waals surface area contributed by atoms with Crippen LogP contribution in [0.4, 0.5) is 5.69 Å². The molecule has 28 heavy (non-hydrogen) atoms. The Bertz CT molecular complexity index is 848. The average molecular weight is 404 g/mol. The van der Waals surface area contributed by atoms with Crippen LogP contribution >= 0.6 is 11.6 Å². The van der Waals surface area contributed by atoms with Gasteiger partial charge in [-0.05, 0) is 64.4 Å². The second-order valence-corrected chi connectivity index (χ2v) is 7.81. The monoisotopic (exact) mass is 403 g/mol. The number of carbonyl (C=O) groups is 2. The van der Waals surface area contributed by atoms with E-state index in [0.717, 1.165) is 6.42 Å². The van der Waals surface area contributed by atoms with Crippen molar-refractivity contribution in [1.29, 1.82) is 0 Å². The van der Waals surface area contributed by atoms with E-state index in [1.807, 2.05) is 34.6 Å². The highest BCUT2D eigenvalue weighted by molar-refractivity contribution is 6.32. The Labute approximate surface area is 170 Å². The zero-order valence-electron chi connectivity index (χ0n) is 16.8. The van der Waals surface area contributed by atoms with Gasteiger partial charge in [-0.3, -0.25) is 9.59 Å². The van der Waals surface area contributed by atoms with Gasteiger partial charge in [0.15, 0.2) is 0 Å². The first-order valence-electron chi connectivity index (χ1n) is 9.17. The molecule has 2 aromatic rings. The highest BCUT2D eigenvalue weighted by Gasteiger charge is 2.19. The Balaban J connectivity index is 2.05. The van der Waals surface area contributed by atoms with Crippen LogP contribution in [0.15, 0.2) is 36.5 Å². The summed E-state index contributed by atoms with van der Waals surface area (Å²) >= 11 is 6.13. The van der Waals surface area contributed by atoms with Crippen LogP contribution in [0.1, 0.15) is 61.8 Å². The van der Waals surface area contributed by atoms with Gasteiger partial charge in [0, 0.05) is 23.0 Å². The van der Waals surface area contributed by atoms with Gasteiger partial charge >= 0.3 is 0 Å². The minimum Gasteiger partial charge on any atom is -0.474 e. The molecule has 6 nitrogen and oxygen atoms in total. The van der Waals surface area contributed by atoms with E-state index in [1.165, 1.54) is 12.3 Å². The number of nitrogens with zero attached hydrogens (tertiary/aromatic N) is 1. The number of hydrogen-bond acceptors (Lipinski definition) is 4. The van der Waals surface area contributed by atoms with Crippen LogP contribution in [0, 0.1) is 0 Å². The van der Waals surface area contributed by atoms with Gasteiger partial charge in [0.05, 0.1) is 11.7 Å². The average Bonchev–Trinajstić information content (AvgIpc) is 2.63. The molecule has 0 aliphatic carbocycles. The lowest BCUT2D eigenvalue weighted by molar-refractivity contribution is 0.0910. The number of benzene rings is 1. The van der Waals surface area contributed by atoms with Crippen molar-refractivity contribution in [3.63, 3.8) is 0 Å². The van der Waals surface area contributed by atoms with Crippen LogP contribution in [0.5, 0.6) is 5.88 Å². The van der Waals surface area contributed by atoms with Crippen molar-refractivity contribution in [2.45, 2.75) is 52.7 Å². The minimum atomic E-state index is -0.352. The maximum absolute atomic E-state index is 12.4. The van der Waals surface area contributed by atoms with Crippen molar-refractivity contribution in [2.24, 2.45) is 0 Å². The molecule has 0 radical (unpaired) electrons. The maximum Gasteiger partial charge on any atom is 0.257 e. The molecule has 1 heterocycles. The minimum absolute atomic E-state index is 0.0664. The summed E-state index contributed by atoms with van der Waals surface area (Å²) in [4.78, 5) is 28.8. The Kier molecular flexibility index (Phi) is 7.02. The largest absolute Gasteiger partial charge is 0.474 e. The van der Waals surface area contributed by atoms with Crippen LogP contribution in [0.3, 0.4) is 0 Å². The first-order valence-corrected chi connectivity index (χ1v) is 9.55. The predicted molar refractivity (Wildman–Crippen MR) is 111 cm³/mol. The van der Waals surface area contributed by atoms with Crippen molar-refractivity contribution in [1.82, 2.24) is 10.3 Å². The molecule has 0 unspecified atom stereocenters. The van der Waals surface area contributed by atoms with Gasteiger partial charge < -0.3 is 15.4 Å². The van der Waals surface area contributed by atoms with Gasteiger partial charge in [0.2, 0.25) is 5.88 Å². The molecule has 0 fully saturated rings. The summed E-state index contributed by atoms with van der Waals surface area (Å²) < 4.78 is 5.46. The van der Waals surface area contributed by atoms with Crippen LogP contribution in [0.25, 0.3) is 0 Å². The molecule has 1 aromatic carbocycles. The Morgan fingerprint density at radius 3 is 2.32 bits per heavy atom. The Morgan fingerprint density at radius 1 is 1.14 bits per heavy atom. The van der Waals surface area contributed by atoms with E-state index < -0.39 is 0 Å². The number of amides is 2. The standard InChI is InChI=1S/C21H26ClN3O3/c1-6-21(4,5)25-19(27)14-7-9-16(10-8-14)24-18(26)15-11-17(22)20(23-12-15)28-13(2)3/h7-13H,6H2,1-5H3,(H,24,26)(H,25,27). The van der Waals surface area contributed by atoms with E-state index in [4.69, 9.17) is 16.3 Å². The van der Waals surface area contributed by atoms with Crippen molar-refractivity contribution in [3.05, 3.63) is 52.7 Å². The molecule has 150 valence electrons. The van der Waals surface area contributed by atoms with E-state index in [1.54, 1.807) is 24.3 Å². The fourth-order valence-corrected chi connectivity index (χ4v) is 2.45. The second-order valence-electron chi connectivity index (χ2n) is 7.40. The number of anilines is 1. The van der Waals surface area contributed by atoms with Crippen molar-refractivity contribution >= 4 is 29.1 Å². The summed E-state index contributed by atoms with van der Waals surface area (Å²) in [5.74, 6) is -0.213. The summed E-state index contributed by atoms with van der Waals surface area (Å²) in [5.41, 5.74) is 1.13. The fourth-order valence-electron chi connectivity index (χ4n) is 2.24. The van der Waals surface area contributed by atoms with Crippen molar-refractivity contribution in [2.75, 3.05) is 5.32 Å². The molecule has 0 aliphatic rings. The molecular weight excluding hydrogens is 378 g/mol. The number of ether oxygens (including phenoxy) is 1. The summed E-state index contributed by atoms with van der Waals surface area (Å²) in [5, 5.41) is 6.00. The third-order valence-electron chi connectivity index (χ3n) is 4.16. The van der Waals surface area contributed by atoms with Gasteiger partial charge in [-0.2, -0.15) is 0 Å². The van der Waals surface area contributed by atoms with Crippen LogP contribution in [-0.2, 0) is 0 Å². The van der Waals surface area contributed by atoms with Crippen molar-refractivity contribution < 1.29 is 14.3 Å². The third kappa shape index (κ3) is 5.96. The first kappa shape index (κ1) is 21.7. The molecule has 0 atom stereocenters. The molecule has 2 rings (SSSR count). The smallest absolute Gasteiger partial charge is 0.257 e. The predicted octanol–water partition coefficient (Wildman–Crippen LogP) is 4.69. The summed E-state index contributed by atoms with van der Waals surface area (Å²) in [7, 11) is 0. The highest BCUT2D eigenvalue weighted by atomic mass is 35.5. The van der Waals surface area contributed by atoms with Crippen LogP contribution in [-0.4, -0.2) is 28.4 Å². The zero-order valence-corrected chi connectivity index (χ0v) is 17.6. The molecule has 0 aliphatic heterocycles. The molecule has 7 heteroatoms. The molecule has 0 bridgehead atoms. The lowest BCUT2D eigenvalue weighted by atomic mass is 10.0. The van der Waals surface area contributed by atoms with Crippen LogP contribution in [0.2, 0.25) is 5.02 Å². The highest BCUT2D eigenvalue weighted by Crippen LogP contribution is 2.24. The van der Waals surface area contributed by atoms with Crippen molar-refractivity contribution in [3.8, 4) is 5.88 Å². The van der Waals surface area contributed by atoms with E-state index in [0.29, 0.717) is 22.7 Å². The SMILES string of the molecule is CCC(C)(C)NC(=O)c1ccc(NC(=O)c2cnc(OC(C)C)c(Cl)c2)cc1. The molecule has 2 amide bonds. The zero-order chi connectivity index (χ0) is 20.9. The summed E-state index contributed by atoms with van der Waals surface area (Å²) in [6.07, 6.45) is 2.17. The van der Waals surface area contributed by atoms with Gasteiger partial charge in [0.1, 0.15) is 5.02 Å². The number of carbonyl (C=O) groups excluding carboxylic acids is 2. The van der Waals surface area contributed by atoms with Gasteiger partial charge in [-0.25, -0.2) is 4.98 Å². The lowest BCUT2D eigenvalue weighted by Crippen LogP contribution is -2.42. The van der Waals surface area contributed by atoms with Gasteiger partial charge in [-0.1, -0.05) is 18.5 Å². The van der Waals surface area contributed by atoms with Gasteiger partial charge in [-0.15, -0.1) is 0 Å². The number of aromatic nitrogens is 1.